The van der Waals surface area contributed by atoms with Gasteiger partial charge in [0.1, 0.15) is 0 Å². The average molecular weight is 421 g/mol. The number of hydrogen-bond acceptors (Lipinski definition) is 2. The topological polar surface area (TPSA) is 6.48 Å². The summed E-state index contributed by atoms with van der Waals surface area (Å²) < 4.78 is 0. The van der Waals surface area contributed by atoms with E-state index < -0.39 is 0 Å². The van der Waals surface area contributed by atoms with E-state index in [4.69, 9.17) is 0 Å². The van der Waals surface area contributed by atoms with E-state index in [-0.39, 0.29) is 5.41 Å². The maximum atomic E-state index is 4.39. The highest BCUT2D eigenvalue weighted by atomic mass is 15.2. The van der Waals surface area contributed by atoms with Crippen LogP contribution in [-0.2, 0) is 5.41 Å². The van der Waals surface area contributed by atoms with Gasteiger partial charge in [-0.05, 0) is 22.8 Å². The highest BCUT2D eigenvalue weighted by molar-refractivity contribution is 5.95. The molecule has 2 nitrogen and oxygen atoms in total. The number of anilines is 3. The van der Waals surface area contributed by atoms with E-state index in [1.165, 1.54) is 33.8 Å². The molecular formula is C30H32N2. The average Bonchev–Trinajstić information content (AvgIpc) is 2.85. The molecule has 4 rings (SSSR count). The lowest BCUT2D eigenvalue weighted by molar-refractivity contribution is 0.627. The molecule has 0 saturated heterocycles. The van der Waals surface area contributed by atoms with Gasteiger partial charge < -0.3 is 9.80 Å². The van der Waals surface area contributed by atoms with Gasteiger partial charge in [-0.15, -0.1) is 0 Å². The molecule has 0 aromatic heterocycles. The zero-order chi connectivity index (χ0) is 22.7. The van der Waals surface area contributed by atoms with Gasteiger partial charge >= 0.3 is 0 Å². The molecule has 2 aliphatic rings. The number of benzene rings is 2. The van der Waals surface area contributed by atoms with Crippen LogP contribution in [0.25, 0.3) is 5.57 Å². The zero-order valence-corrected chi connectivity index (χ0v) is 19.4. The highest BCUT2D eigenvalue weighted by Crippen LogP contribution is 2.53. The van der Waals surface area contributed by atoms with Crippen molar-refractivity contribution >= 4 is 22.6 Å². The summed E-state index contributed by atoms with van der Waals surface area (Å²) in [6.45, 7) is 14.4. The maximum Gasteiger partial charge on any atom is 0.0699 e. The molecule has 32 heavy (non-hydrogen) atoms. The Morgan fingerprint density at radius 2 is 1.78 bits per heavy atom. The second-order valence-electron chi connectivity index (χ2n) is 8.85. The van der Waals surface area contributed by atoms with E-state index in [0.717, 1.165) is 18.7 Å². The number of para-hydroxylation sites is 1. The van der Waals surface area contributed by atoms with Crippen LogP contribution in [0.15, 0.2) is 104 Å². The lowest BCUT2D eigenvalue weighted by Gasteiger charge is -2.44. The number of allylic oxidation sites excluding steroid dienone is 8. The van der Waals surface area contributed by atoms with Gasteiger partial charge in [-0.1, -0.05) is 112 Å². The Balaban J connectivity index is 1.97. The molecule has 0 amide bonds. The largest absolute Gasteiger partial charge is 0.369 e. The highest BCUT2D eigenvalue weighted by Gasteiger charge is 2.38. The first-order valence-corrected chi connectivity index (χ1v) is 11.2. The summed E-state index contributed by atoms with van der Waals surface area (Å²) in [5, 5.41) is 0. The number of likely N-dealkylation sites (N-methyl/N-ethyl adjacent to an activating group) is 1. The first kappa shape index (κ1) is 21.7. The van der Waals surface area contributed by atoms with Crippen molar-refractivity contribution in [3.8, 4) is 0 Å². The summed E-state index contributed by atoms with van der Waals surface area (Å²) in [4.78, 5) is 4.81. The van der Waals surface area contributed by atoms with Crippen LogP contribution in [0.2, 0.25) is 0 Å². The van der Waals surface area contributed by atoms with Crippen molar-refractivity contribution in [3.63, 3.8) is 0 Å². The molecule has 0 atom stereocenters. The van der Waals surface area contributed by atoms with E-state index in [2.05, 4.69) is 117 Å². The van der Waals surface area contributed by atoms with Crippen LogP contribution in [0, 0.1) is 0 Å². The van der Waals surface area contributed by atoms with Gasteiger partial charge in [0.05, 0.1) is 11.4 Å². The second kappa shape index (κ2) is 8.92. The van der Waals surface area contributed by atoms with Crippen LogP contribution in [0.4, 0.5) is 17.1 Å². The molecular weight excluding hydrogens is 388 g/mol. The standard InChI is InChI=1S/C30H32N2/c1-6-7-8-9-15-22-32-27-18-13-12-17-25(27)30(3,4)26-20-19-24-23(2)16-11-10-14-21-31(5)28(24)29(26)32/h6-20H,1-2,21-22H2,3-5H3/b8-7-,14-10-,15-9-,16-11-. The summed E-state index contributed by atoms with van der Waals surface area (Å²) >= 11 is 0. The predicted octanol–water partition coefficient (Wildman–Crippen LogP) is 7.34. The molecule has 0 bridgehead atoms. The van der Waals surface area contributed by atoms with Crippen molar-refractivity contribution < 1.29 is 0 Å². The Hall–Kier alpha value is -3.52. The van der Waals surface area contributed by atoms with E-state index in [1.807, 2.05) is 12.2 Å². The number of fused-ring (bicyclic) bond motifs is 4. The summed E-state index contributed by atoms with van der Waals surface area (Å²) in [7, 11) is 2.18. The van der Waals surface area contributed by atoms with E-state index in [9.17, 15) is 0 Å². The summed E-state index contributed by atoms with van der Waals surface area (Å²) in [5.41, 5.74) is 8.58. The summed E-state index contributed by atoms with van der Waals surface area (Å²) in [6, 6.07) is 13.3. The lowest BCUT2D eigenvalue weighted by atomic mass is 9.72. The van der Waals surface area contributed by atoms with Gasteiger partial charge in [-0.25, -0.2) is 0 Å². The van der Waals surface area contributed by atoms with Gasteiger partial charge in [0.2, 0.25) is 0 Å². The minimum Gasteiger partial charge on any atom is -0.369 e. The third-order valence-electron chi connectivity index (χ3n) is 6.40. The van der Waals surface area contributed by atoms with Crippen molar-refractivity contribution in [2.75, 3.05) is 29.9 Å². The molecule has 2 heteroatoms. The Morgan fingerprint density at radius 1 is 0.969 bits per heavy atom. The van der Waals surface area contributed by atoms with Crippen molar-refractivity contribution in [1.82, 2.24) is 0 Å². The van der Waals surface area contributed by atoms with Crippen LogP contribution in [0.1, 0.15) is 30.5 Å². The number of nitrogens with zero attached hydrogens (tertiary/aromatic N) is 2. The molecule has 162 valence electrons. The predicted molar refractivity (Wildman–Crippen MR) is 141 cm³/mol. The first-order valence-electron chi connectivity index (χ1n) is 11.2. The monoisotopic (exact) mass is 420 g/mol. The van der Waals surface area contributed by atoms with Crippen LogP contribution in [0.3, 0.4) is 0 Å². The molecule has 2 aromatic rings. The fourth-order valence-corrected chi connectivity index (χ4v) is 4.73. The molecule has 0 fully saturated rings. The summed E-state index contributed by atoms with van der Waals surface area (Å²) in [5.74, 6) is 0. The van der Waals surface area contributed by atoms with E-state index in [0.29, 0.717) is 0 Å². The normalized spacial score (nSPS) is 19.0. The van der Waals surface area contributed by atoms with Crippen LogP contribution in [0.5, 0.6) is 0 Å². The minimum absolute atomic E-state index is 0.101. The third kappa shape index (κ3) is 3.78. The molecule has 2 heterocycles. The maximum absolute atomic E-state index is 4.39. The zero-order valence-electron chi connectivity index (χ0n) is 19.4. The van der Waals surface area contributed by atoms with Crippen LogP contribution >= 0.6 is 0 Å². The Bertz CT molecular complexity index is 1160. The van der Waals surface area contributed by atoms with Gasteiger partial charge in [0.15, 0.2) is 0 Å². The second-order valence-corrected chi connectivity index (χ2v) is 8.85. The molecule has 2 aliphatic heterocycles. The number of rotatable bonds is 4. The molecule has 2 aromatic carbocycles. The molecule has 0 radical (unpaired) electrons. The van der Waals surface area contributed by atoms with Crippen LogP contribution < -0.4 is 9.80 Å². The molecule has 0 N–H and O–H groups in total. The lowest BCUT2D eigenvalue weighted by Crippen LogP contribution is -2.35. The van der Waals surface area contributed by atoms with Crippen LogP contribution in [-0.4, -0.2) is 20.1 Å². The summed E-state index contributed by atoms with van der Waals surface area (Å²) in [6.07, 6.45) is 18.6. The Kier molecular flexibility index (Phi) is 6.05. The smallest absolute Gasteiger partial charge is 0.0699 e. The quantitative estimate of drug-likeness (QED) is 0.478. The molecule has 0 spiro atoms. The van der Waals surface area contributed by atoms with Gasteiger partial charge in [-0.3, -0.25) is 0 Å². The van der Waals surface area contributed by atoms with Gasteiger partial charge in [0, 0.05) is 36.8 Å². The molecule has 0 aliphatic carbocycles. The van der Waals surface area contributed by atoms with Crippen molar-refractivity contribution in [3.05, 3.63) is 121 Å². The fraction of sp³-hybridized carbons (Fsp3) is 0.200. The van der Waals surface area contributed by atoms with E-state index in [1.54, 1.807) is 6.08 Å². The van der Waals surface area contributed by atoms with Gasteiger partial charge in [-0.2, -0.15) is 0 Å². The van der Waals surface area contributed by atoms with E-state index >= 15 is 0 Å². The van der Waals surface area contributed by atoms with Crippen molar-refractivity contribution in [2.24, 2.45) is 0 Å². The SMILES string of the molecule is C=C/C=C\C=C/CN1c2ccccc2C(C)(C)c2ccc3c(c21)N(C)C/C=C\C=C/C3=C. The Labute approximate surface area is 192 Å². The Morgan fingerprint density at radius 3 is 2.59 bits per heavy atom. The van der Waals surface area contributed by atoms with Gasteiger partial charge in [0.25, 0.3) is 0 Å². The van der Waals surface area contributed by atoms with Crippen molar-refractivity contribution in [2.45, 2.75) is 19.3 Å². The number of hydrogen-bond donors (Lipinski definition) is 0. The first-order chi connectivity index (χ1) is 15.5. The molecule has 0 saturated carbocycles. The van der Waals surface area contributed by atoms with Crippen molar-refractivity contribution in [1.29, 1.82) is 0 Å². The third-order valence-corrected chi connectivity index (χ3v) is 6.40. The molecule has 0 unspecified atom stereocenters. The minimum atomic E-state index is -0.101. The fourth-order valence-electron chi connectivity index (χ4n) is 4.73.